The average Bonchev–Trinajstić information content (AvgIpc) is 3.19. The van der Waals surface area contributed by atoms with Crippen molar-refractivity contribution in [1.82, 2.24) is 29.9 Å². The summed E-state index contributed by atoms with van der Waals surface area (Å²) in [4.78, 5) is 16.2. The number of aromatic nitrogens is 5. The van der Waals surface area contributed by atoms with Crippen molar-refractivity contribution in [3.8, 4) is 11.9 Å². The molecule has 0 unspecified atom stereocenters. The third-order valence-electron chi connectivity index (χ3n) is 3.49. The van der Waals surface area contributed by atoms with E-state index in [0.717, 1.165) is 11.4 Å². The first-order chi connectivity index (χ1) is 12.1. The largest absolute Gasteiger partial charge is 0.332 e. The lowest BCUT2D eigenvalue weighted by atomic mass is 10.3. The molecular weight excluding hydrogens is 320 g/mol. The molecule has 0 aromatic carbocycles. The minimum atomic E-state index is -0.361. The first kappa shape index (κ1) is 16.2. The lowest BCUT2D eigenvalue weighted by Gasteiger charge is -2.06. The molecule has 0 bridgehead atoms. The van der Waals surface area contributed by atoms with Gasteiger partial charge >= 0.3 is 6.03 Å². The Hall–Kier alpha value is -3.67. The van der Waals surface area contributed by atoms with Crippen molar-refractivity contribution < 1.29 is 4.79 Å². The monoisotopic (exact) mass is 336 g/mol. The number of hydrogen-bond donors (Lipinski definition) is 2. The second kappa shape index (κ2) is 6.84. The van der Waals surface area contributed by atoms with Gasteiger partial charge in [0.05, 0.1) is 41.6 Å². The Balaban J connectivity index is 1.64. The van der Waals surface area contributed by atoms with E-state index in [9.17, 15) is 4.79 Å². The molecule has 3 aromatic rings. The number of aryl methyl sites for hydroxylation is 2. The zero-order chi connectivity index (χ0) is 17.8. The molecule has 3 aromatic heterocycles. The maximum absolute atomic E-state index is 12.0. The van der Waals surface area contributed by atoms with Gasteiger partial charge in [0.1, 0.15) is 6.07 Å². The van der Waals surface area contributed by atoms with Crippen molar-refractivity contribution in [3.05, 3.63) is 53.7 Å². The van der Waals surface area contributed by atoms with Gasteiger partial charge in [-0.3, -0.25) is 4.68 Å². The molecule has 9 heteroatoms. The number of nitrogens with one attached hydrogen (secondary N) is 2. The van der Waals surface area contributed by atoms with Gasteiger partial charge in [-0.25, -0.2) is 14.5 Å². The second-order valence-electron chi connectivity index (χ2n) is 5.37. The Bertz CT molecular complexity index is 949. The van der Waals surface area contributed by atoms with Gasteiger partial charge in [0.25, 0.3) is 0 Å². The number of urea groups is 1. The van der Waals surface area contributed by atoms with E-state index < -0.39 is 0 Å². The summed E-state index contributed by atoms with van der Waals surface area (Å²) in [5.41, 5.74) is 2.68. The first-order valence-electron chi connectivity index (χ1n) is 7.51. The van der Waals surface area contributed by atoms with Gasteiger partial charge in [0.2, 0.25) is 0 Å². The van der Waals surface area contributed by atoms with E-state index in [1.54, 1.807) is 29.2 Å². The molecule has 0 saturated heterocycles. The van der Waals surface area contributed by atoms with Gasteiger partial charge in [0, 0.05) is 13.2 Å². The van der Waals surface area contributed by atoms with E-state index in [0.29, 0.717) is 23.6 Å². The number of amides is 2. The number of nitrogens with zero attached hydrogens (tertiary/aromatic N) is 6. The van der Waals surface area contributed by atoms with Gasteiger partial charge in [-0.1, -0.05) is 0 Å². The molecule has 0 fully saturated rings. The van der Waals surface area contributed by atoms with E-state index in [1.807, 2.05) is 20.0 Å². The molecular formula is C16H16N8O. The Kier molecular flexibility index (Phi) is 4.43. The highest BCUT2D eigenvalue weighted by Crippen LogP contribution is 2.13. The molecule has 3 heterocycles. The van der Waals surface area contributed by atoms with E-state index in [4.69, 9.17) is 5.26 Å². The van der Waals surface area contributed by atoms with Crippen LogP contribution in [-0.4, -0.2) is 30.6 Å². The molecule has 0 radical (unpaired) electrons. The summed E-state index contributed by atoms with van der Waals surface area (Å²) >= 11 is 0. The van der Waals surface area contributed by atoms with E-state index in [1.165, 1.54) is 10.9 Å². The van der Waals surface area contributed by atoms with E-state index in [2.05, 4.69) is 31.9 Å². The topological polar surface area (TPSA) is 113 Å². The van der Waals surface area contributed by atoms with E-state index in [-0.39, 0.29) is 6.03 Å². The second-order valence-corrected chi connectivity index (χ2v) is 5.37. The number of carbonyl (C=O) groups is 1. The molecule has 9 nitrogen and oxygen atoms in total. The SMILES string of the molecule is Cc1cc(CNC(=O)Nc2cnn(-c3ncccc3C#N)c2)n(C)n1. The normalized spacial score (nSPS) is 10.3. The summed E-state index contributed by atoms with van der Waals surface area (Å²) in [7, 11) is 1.82. The zero-order valence-electron chi connectivity index (χ0n) is 13.8. The predicted molar refractivity (Wildman–Crippen MR) is 89.9 cm³/mol. The fourth-order valence-electron chi connectivity index (χ4n) is 2.35. The van der Waals surface area contributed by atoms with Gasteiger partial charge in [-0.2, -0.15) is 15.5 Å². The lowest BCUT2D eigenvalue weighted by Crippen LogP contribution is -2.28. The maximum Gasteiger partial charge on any atom is 0.319 e. The molecule has 0 atom stereocenters. The van der Waals surface area contributed by atoms with Crippen LogP contribution in [0.5, 0.6) is 0 Å². The highest BCUT2D eigenvalue weighted by atomic mass is 16.2. The van der Waals surface area contributed by atoms with Crippen molar-refractivity contribution >= 4 is 11.7 Å². The quantitative estimate of drug-likeness (QED) is 0.749. The molecule has 2 N–H and O–H groups in total. The minimum Gasteiger partial charge on any atom is -0.332 e. The summed E-state index contributed by atoms with van der Waals surface area (Å²) in [5, 5.41) is 22.9. The average molecular weight is 336 g/mol. The van der Waals surface area contributed by atoms with Crippen molar-refractivity contribution in [3.63, 3.8) is 0 Å². The summed E-state index contributed by atoms with van der Waals surface area (Å²) in [6.07, 6.45) is 4.66. The van der Waals surface area contributed by atoms with Crippen LogP contribution in [-0.2, 0) is 13.6 Å². The highest BCUT2D eigenvalue weighted by Gasteiger charge is 2.10. The smallest absolute Gasteiger partial charge is 0.319 e. The molecule has 3 rings (SSSR count). The number of nitriles is 1. The van der Waals surface area contributed by atoms with Crippen molar-refractivity contribution in [1.29, 1.82) is 5.26 Å². The lowest BCUT2D eigenvalue weighted by molar-refractivity contribution is 0.251. The minimum absolute atomic E-state index is 0.357. The van der Waals surface area contributed by atoms with Crippen LogP contribution in [0.1, 0.15) is 17.0 Å². The molecule has 0 aliphatic carbocycles. The Morgan fingerprint density at radius 1 is 1.44 bits per heavy atom. The van der Waals surface area contributed by atoms with Crippen LogP contribution < -0.4 is 10.6 Å². The van der Waals surface area contributed by atoms with Crippen LogP contribution in [0.3, 0.4) is 0 Å². The number of anilines is 1. The number of hydrogen-bond acceptors (Lipinski definition) is 5. The number of rotatable bonds is 4. The van der Waals surface area contributed by atoms with Crippen LogP contribution in [0.2, 0.25) is 0 Å². The fourth-order valence-corrected chi connectivity index (χ4v) is 2.35. The Morgan fingerprint density at radius 3 is 3.00 bits per heavy atom. The third kappa shape index (κ3) is 3.64. The molecule has 0 aliphatic rings. The van der Waals surface area contributed by atoms with Crippen molar-refractivity contribution in [2.45, 2.75) is 13.5 Å². The molecule has 0 saturated carbocycles. The Morgan fingerprint density at radius 2 is 2.28 bits per heavy atom. The van der Waals surface area contributed by atoms with Gasteiger partial charge < -0.3 is 10.6 Å². The first-order valence-corrected chi connectivity index (χ1v) is 7.51. The molecule has 2 amide bonds. The Labute approximate surface area is 143 Å². The van der Waals surface area contributed by atoms with Gasteiger partial charge in [0.15, 0.2) is 5.82 Å². The molecule has 25 heavy (non-hydrogen) atoms. The highest BCUT2D eigenvalue weighted by molar-refractivity contribution is 5.88. The van der Waals surface area contributed by atoms with Crippen LogP contribution >= 0.6 is 0 Å². The van der Waals surface area contributed by atoms with E-state index >= 15 is 0 Å². The molecule has 126 valence electrons. The van der Waals surface area contributed by atoms with Gasteiger partial charge in [-0.05, 0) is 25.1 Å². The number of carbonyl (C=O) groups excluding carboxylic acids is 1. The van der Waals surface area contributed by atoms with Crippen LogP contribution in [0.25, 0.3) is 5.82 Å². The van der Waals surface area contributed by atoms with Gasteiger partial charge in [-0.15, -0.1) is 0 Å². The molecule has 0 aliphatic heterocycles. The number of pyridine rings is 1. The standard InChI is InChI=1S/C16H16N8O/c1-11-6-14(23(2)22-11)9-19-16(25)21-13-8-20-24(10-13)15-12(7-17)4-3-5-18-15/h3-6,8,10H,9H2,1-2H3,(H2,19,21,25). The maximum atomic E-state index is 12.0. The predicted octanol–water partition coefficient (Wildman–Crippen LogP) is 1.50. The van der Waals surface area contributed by atoms with Crippen molar-refractivity contribution in [2.75, 3.05) is 5.32 Å². The van der Waals surface area contributed by atoms with Crippen molar-refractivity contribution in [2.24, 2.45) is 7.05 Å². The van der Waals surface area contributed by atoms with Crippen LogP contribution in [0.4, 0.5) is 10.5 Å². The summed E-state index contributed by atoms with van der Waals surface area (Å²) in [5.74, 6) is 0.406. The fraction of sp³-hybridized carbons (Fsp3) is 0.188. The van der Waals surface area contributed by atoms with Crippen LogP contribution in [0, 0.1) is 18.3 Å². The van der Waals surface area contributed by atoms with Crippen LogP contribution in [0.15, 0.2) is 36.8 Å². The summed E-state index contributed by atoms with van der Waals surface area (Å²) < 4.78 is 3.16. The molecule has 0 spiro atoms. The zero-order valence-corrected chi connectivity index (χ0v) is 13.8. The summed E-state index contributed by atoms with van der Waals surface area (Å²) in [6.45, 7) is 2.25. The summed E-state index contributed by atoms with van der Waals surface area (Å²) in [6, 6.07) is 6.93. The third-order valence-corrected chi connectivity index (χ3v) is 3.49.